The predicted octanol–water partition coefficient (Wildman–Crippen LogP) is 3.16. The fourth-order valence-corrected chi connectivity index (χ4v) is 2.75. The third-order valence-electron chi connectivity index (χ3n) is 2.63. The first kappa shape index (κ1) is 10.2. The second-order valence-electron chi connectivity index (χ2n) is 3.36. The zero-order valence-electron chi connectivity index (χ0n) is 7.51. The smallest absolute Gasteiger partial charge is 0.0639 e. The summed E-state index contributed by atoms with van der Waals surface area (Å²) in [5, 5.41) is 2.47. The van der Waals surface area contributed by atoms with Crippen LogP contribution in [-0.2, 0) is 0 Å². The van der Waals surface area contributed by atoms with E-state index in [1.165, 1.54) is 32.1 Å². The number of thiocarbonyl (C=S) groups is 1. The van der Waals surface area contributed by atoms with Gasteiger partial charge in [0.25, 0.3) is 0 Å². The highest BCUT2D eigenvalue weighted by Crippen LogP contribution is 2.38. The zero-order chi connectivity index (χ0) is 8.86. The molecule has 1 aliphatic carbocycles. The van der Waals surface area contributed by atoms with Crippen molar-refractivity contribution in [1.29, 1.82) is 0 Å². The molecule has 1 fully saturated rings. The Labute approximate surface area is 84.0 Å². The molecule has 0 atom stereocenters. The first-order valence-electron chi connectivity index (χ1n) is 4.42. The van der Waals surface area contributed by atoms with Gasteiger partial charge in [-0.3, -0.25) is 0 Å². The molecule has 0 heterocycles. The van der Waals surface area contributed by atoms with E-state index in [1.54, 1.807) is 0 Å². The van der Waals surface area contributed by atoms with Crippen molar-refractivity contribution < 1.29 is 0 Å². The summed E-state index contributed by atoms with van der Waals surface area (Å²) in [5.41, 5.74) is 0. The largest absolute Gasteiger partial charge is 0.231 e. The van der Waals surface area contributed by atoms with Gasteiger partial charge in [0, 0.05) is 4.75 Å². The number of nitrogens with zero attached hydrogens (tertiary/aromatic N) is 1. The number of thioether (sulfide) groups is 1. The number of hydrogen-bond acceptors (Lipinski definition) is 3. The van der Waals surface area contributed by atoms with Crippen LogP contribution in [0.4, 0.5) is 0 Å². The molecule has 1 nitrogen and oxygen atoms in total. The summed E-state index contributed by atoms with van der Waals surface area (Å²) < 4.78 is 0.393. The van der Waals surface area contributed by atoms with E-state index in [0.29, 0.717) is 4.75 Å². The zero-order valence-corrected chi connectivity index (χ0v) is 9.14. The molecular weight excluding hydrogens is 186 g/mol. The van der Waals surface area contributed by atoms with Crippen molar-refractivity contribution >= 4 is 29.1 Å². The van der Waals surface area contributed by atoms with Gasteiger partial charge in [-0.2, -0.15) is 11.8 Å². The highest BCUT2D eigenvalue weighted by Gasteiger charge is 2.30. The van der Waals surface area contributed by atoms with Gasteiger partial charge in [0.1, 0.15) is 0 Å². The number of hydrogen-bond donors (Lipinski definition) is 0. The van der Waals surface area contributed by atoms with Crippen molar-refractivity contribution in [2.75, 3.05) is 12.8 Å². The van der Waals surface area contributed by atoms with E-state index in [2.05, 4.69) is 28.6 Å². The highest BCUT2D eigenvalue weighted by atomic mass is 32.2. The van der Waals surface area contributed by atoms with E-state index in [0.717, 1.165) is 6.54 Å². The molecule has 12 heavy (non-hydrogen) atoms. The van der Waals surface area contributed by atoms with Crippen molar-refractivity contribution in [1.82, 2.24) is 0 Å². The molecule has 68 valence electrons. The Morgan fingerprint density at radius 2 is 2.08 bits per heavy atom. The third-order valence-corrected chi connectivity index (χ3v) is 4.16. The van der Waals surface area contributed by atoms with Crippen LogP contribution in [0.2, 0.25) is 0 Å². The summed E-state index contributed by atoms with van der Waals surface area (Å²) >= 11 is 6.55. The summed E-state index contributed by atoms with van der Waals surface area (Å²) in [5.74, 6) is 0. The van der Waals surface area contributed by atoms with Crippen LogP contribution in [-0.4, -0.2) is 22.7 Å². The molecule has 0 unspecified atom stereocenters. The van der Waals surface area contributed by atoms with E-state index in [-0.39, 0.29) is 0 Å². The fraction of sp³-hybridized carbons (Fsp3) is 0.889. The van der Waals surface area contributed by atoms with Gasteiger partial charge in [0.2, 0.25) is 0 Å². The molecule has 0 saturated heterocycles. The van der Waals surface area contributed by atoms with Crippen molar-refractivity contribution in [3.63, 3.8) is 0 Å². The molecule has 1 aliphatic rings. The lowest BCUT2D eigenvalue weighted by Gasteiger charge is -2.33. The quantitative estimate of drug-likeness (QED) is 0.514. The van der Waals surface area contributed by atoms with Crippen molar-refractivity contribution in [3.8, 4) is 0 Å². The standard InChI is InChI=1S/C9H15NS2/c1-12-9(7-10-8-11)5-3-2-4-6-9/h2-7H2,1H3. The molecule has 1 rings (SSSR count). The SMILES string of the molecule is CSC1(CN=C=S)CCCCC1. The maximum atomic E-state index is 4.59. The van der Waals surface area contributed by atoms with Gasteiger partial charge in [-0.1, -0.05) is 19.3 Å². The maximum Gasteiger partial charge on any atom is 0.0639 e. The van der Waals surface area contributed by atoms with E-state index in [1.807, 2.05) is 11.8 Å². The molecule has 0 bridgehead atoms. The lowest BCUT2D eigenvalue weighted by atomic mass is 9.88. The minimum absolute atomic E-state index is 0.393. The highest BCUT2D eigenvalue weighted by molar-refractivity contribution is 8.00. The lowest BCUT2D eigenvalue weighted by molar-refractivity contribution is 0.405. The molecule has 1 saturated carbocycles. The first-order chi connectivity index (χ1) is 5.83. The summed E-state index contributed by atoms with van der Waals surface area (Å²) in [4.78, 5) is 4.08. The minimum Gasteiger partial charge on any atom is -0.231 e. The monoisotopic (exact) mass is 201 g/mol. The van der Waals surface area contributed by atoms with Gasteiger partial charge in [-0.15, -0.1) is 0 Å². The van der Waals surface area contributed by atoms with Crippen molar-refractivity contribution in [2.45, 2.75) is 36.9 Å². The summed E-state index contributed by atoms with van der Waals surface area (Å²) in [6, 6.07) is 0. The van der Waals surface area contributed by atoms with Crippen LogP contribution in [0.5, 0.6) is 0 Å². The molecule has 0 aromatic carbocycles. The molecule has 0 N–H and O–H groups in total. The van der Waals surface area contributed by atoms with Gasteiger partial charge in [0.05, 0.1) is 11.7 Å². The Hall–Kier alpha value is 0.150. The van der Waals surface area contributed by atoms with Crippen LogP contribution in [0.15, 0.2) is 4.99 Å². The molecule has 0 aliphatic heterocycles. The van der Waals surface area contributed by atoms with Crippen LogP contribution < -0.4 is 0 Å². The van der Waals surface area contributed by atoms with E-state index in [4.69, 9.17) is 0 Å². The summed E-state index contributed by atoms with van der Waals surface area (Å²) in [6.07, 6.45) is 8.89. The summed E-state index contributed by atoms with van der Waals surface area (Å²) in [7, 11) is 0. The molecule has 0 aromatic rings. The third kappa shape index (κ3) is 2.58. The normalized spacial score (nSPS) is 21.4. The Balaban J connectivity index is 2.53. The van der Waals surface area contributed by atoms with Crippen LogP contribution >= 0.6 is 24.0 Å². The molecule has 0 aromatic heterocycles. The molecule has 0 spiro atoms. The van der Waals surface area contributed by atoms with E-state index < -0.39 is 0 Å². The van der Waals surface area contributed by atoms with E-state index >= 15 is 0 Å². The second kappa shape index (κ2) is 5.00. The number of isothiocyanates is 1. The average Bonchev–Trinajstić information content (AvgIpc) is 2.16. The van der Waals surface area contributed by atoms with Crippen molar-refractivity contribution in [3.05, 3.63) is 0 Å². The van der Waals surface area contributed by atoms with Crippen LogP contribution in [0.3, 0.4) is 0 Å². The van der Waals surface area contributed by atoms with Gasteiger partial charge in [-0.05, 0) is 31.3 Å². The number of rotatable bonds is 3. The first-order valence-corrected chi connectivity index (χ1v) is 6.05. The predicted molar refractivity (Wildman–Crippen MR) is 59.2 cm³/mol. The van der Waals surface area contributed by atoms with Crippen LogP contribution in [0.25, 0.3) is 0 Å². The van der Waals surface area contributed by atoms with Gasteiger partial charge >= 0.3 is 0 Å². The molecular formula is C9H15NS2. The summed E-state index contributed by atoms with van der Waals surface area (Å²) in [6.45, 7) is 0.873. The van der Waals surface area contributed by atoms with Gasteiger partial charge < -0.3 is 0 Å². The average molecular weight is 201 g/mol. The Kier molecular flexibility index (Phi) is 4.27. The Morgan fingerprint density at radius 1 is 1.42 bits per heavy atom. The van der Waals surface area contributed by atoms with Gasteiger partial charge in [-0.25, -0.2) is 4.99 Å². The van der Waals surface area contributed by atoms with E-state index in [9.17, 15) is 0 Å². The minimum atomic E-state index is 0.393. The number of aliphatic imine (C=N–C) groups is 1. The fourth-order valence-electron chi connectivity index (χ4n) is 1.80. The molecule has 0 amide bonds. The molecule has 3 heteroatoms. The Bertz CT molecular complexity index is 179. The van der Waals surface area contributed by atoms with Crippen LogP contribution in [0.1, 0.15) is 32.1 Å². The Morgan fingerprint density at radius 3 is 2.58 bits per heavy atom. The topological polar surface area (TPSA) is 12.4 Å². The van der Waals surface area contributed by atoms with Gasteiger partial charge in [0.15, 0.2) is 0 Å². The second-order valence-corrected chi connectivity index (χ2v) is 4.81. The maximum absolute atomic E-state index is 4.59. The lowest BCUT2D eigenvalue weighted by Crippen LogP contribution is -2.30. The molecule has 0 radical (unpaired) electrons. The van der Waals surface area contributed by atoms with Crippen LogP contribution in [0, 0.1) is 0 Å². The van der Waals surface area contributed by atoms with Crippen molar-refractivity contribution in [2.24, 2.45) is 4.99 Å².